The highest BCUT2D eigenvalue weighted by atomic mass is 32.2. The Morgan fingerprint density at radius 3 is 2.50 bits per heavy atom. The number of hydrogen-bond donors (Lipinski definition) is 0. The summed E-state index contributed by atoms with van der Waals surface area (Å²) in [6.07, 6.45) is 2.24. The second-order valence-electron chi connectivity index (χ2n) is 10.0. The monoisotopic (exact) mass is 582 g/mol. The molecule has 1 saturated heterocycles. The Hall–Kier alpha value is -4.64. The van der Waals surface area contributed by atoms with Crippen molar-refractivity contribution in [1.29, 1.82) is 5.26 Å². The summed E-state index contributed by atoms with van der Waals surface area (Å²) in [6.45, 7) is 10.9. The smallest absolute Gasteiger partial charge is 0.275 e. The third-order valence-corrected chi connectivity index (χ3v) is 9.24. The van der Waals surface area contributed by atoms with Crippen LogP contribution in [0, 0.1) is 17.9 Å². The van der Waals surface area contributed by atoms with E-state index in [1.54, 1.807) is 6.07 Å². The lowest BCUT2D eigenvalue weighted by molar-refractivity contribution is -0.113. The SMILES string of the molecule is [C-]#[N+]/C(C#N)=C1/C(=O)N(Cc2ccc(OCCC)cc2)c2ccc(S(=O)(=O)N3CCC[C@H]3COc3ccccc3)cc21. The third-order valence-electron chi connectivity index (χ3n) is 7.29. The van der Waals surface area contributed by atoms with Crippen LogP contribution in [0.15, 0.2) is 83.4 Å². The molecule has 0 aromatic heterocycles. The van der Waals surface area contributed by atoms with Crippen LogP contribution < -0.4 is 14.4 Å². The van der Waals surface area contributed by atoms with E-state index in [-0.39, 0.29) is 40.9 Å². The number of rotatable bonds is 10. The molecule has 5 rings (SSSR count). The van der Waals surface area contributed by atoms with Crippen LogP contribution in [0.3, 0.4) is 0 Å². The molecule has 0 saturated carbocycles. The molecule has 0 unspecified atom stereocenters. The summed E-state index contributed by atoms with van der Waals surface area (Å²) in [5, 5.41) is 9.65. The van der Waals surface area contributed by atoms with E-state index in [1.165, 1.54) is 21.3 Å². The minimum atomic E-state index is -3.96. The van der Waals surface area contributed by atoms with Crippen LogP contribution >= 0.6 is 0 Å². The number of para-hydroxylation sites is 1. The number of nitriles is 1. The fourth-order valence-corrected chi connectivity index (χ4v) is 6.93. The summed E-state index contributed by atoms with van der Waals surface area (Å²) in [5.41, 5.74) is 1.05. The summed E-state index contributed by atoms with van der Waals surface area (Å²) in [5.74, 6) is 0.867. The van der Waals surface area contributed by atoms with E-state index in [2.05, 4.69) is 4.85 Å². The average Bonchev–Trinajstić information content (AvgIpc) is 3.60. The highest BCUT2D eigenvalue weighted by molar-refractivity contribution is 7.89. The van der Waals surface area contributed by atoms with Gasteiger partial charge in [0.15, 0.2) is 0 Å². The molecule has 214 valence electrons. The van der Waals surface area contributed by atoms with Crippen molar-refractivity contribution in [3.8, 4) is 17.6 Å². The Morgan fingerprint density at radius 1 is 1.07 bits per heavy atom. The van der Waals surface area contributed by atoms with Gasteiger partial charge in [0.2, 0.25) is 15.9 Å². The number of benzene rings is 3. The lowest BCUT2D eigenvalue weighted by Crippen LogP contribution is -2.39. The number of allylic oxidation sites excluding steroid dienone is 1. The van der Waals surface area contributed by atoms with Crippen LogP contribution in [-0.4, -0.2) is 44.4 Å². The van der Waals surface area contributed by atoms with Crippen molar-refractivity contribution in [3.05, 3.63) is 101 Å². The molecule has 2 heterocycles. The van der Waals surface area contributed by atoms with Gasteiger partial charge in [-0.05, 0) is 67.3 Å². The first-order chi connectivity index (χ1) is 20.4. The number of fused-ring (bicyclic) bond motifs is 1. The predicted octanol–water partition coefficient (Wildman–Crippen LogP) is 5.41. The summed E-state index contributed by atoms with van der Waals surface area (Å²) in [7, 11) is -3.96. The topological polar surface area (TPSA) is 104 Å². The lowest BCUT2D eigenvalue weighted by atomic mass is 10.1. The normalized spacial score (nSPS) is 17.8. The van der Waals surface area contributed by atoms with Gasteiger partial charge in [0.1, 0.15) is 18.1 Å². The van der Waals surface area contributed by atoms with Crippen molar-refractivity contribution in [3.63, 3.8) is 0 Å². The molecule has 1 atom stereocenters. The van der Waals surface area contributed by atoms with Crippen molar-refractivity contribution in [2.75, 3.05) is 24.7 Å². The van der Waals surface area contributed by atoms with Crippen LogP contribution in [0.4, 0.5) is 5.69 Å². The van der Waals surface area contributed by atoms with Crippen LogP contribution in [0.1, 0.15) is 37.3 Å². The van der Waals surface area contributed by atoms with Crippen LogP contribution in [0.5, 0.6) is 11.5 Å². The maximum Gasteiger partial charge on any atom is 0.275 e. The van der Waals surface area contributed by atoms with Gasteiger partial charge in [0.05, 0.1) is 48.0 Å². The van der Waals surface area contributed by atoms with Crippen LogP contribution in [0.2, 0.25) is 0 Å². The lowest BCUT2D eigenvalue weighted by Gasteiger charge is -2.24. The van der Waals surface area contributed by atoms with Crippen molar-refractivity contribution in [2.24, 2.45) is 0 Å². The van der Waals surface area contributed by atoms with E-state index in [9.17, 15) is 18.5 Å². The molecule has 3 aromatic rings. The zero-order valence-corrected chi connectivity index (χ0v) is 24.0. The van der Waals surface area contributed by atoms with Gasteiger partial charge < -0.3 is 14.4 Å². The van der Waals surface area contributed by atoms with Crippen molar-refractivity contribution in [1.82, 2.24) is 4.31 Å². The van der Waals surface area contributed by atoms with E-state index < -0.39 is 15.9 Å². The Bertz CT molecular complexity index is 1670. The number of anilines is 1. The molecule has 0 spiro atoms. The second kappa shape index (κ2) is 12.5. The summed E-state index contributed by atoms with van der Waals surface area (Å²) in [4.78, 5) is 18.3. The number of sulfonamides is 1. The van der Waals surface area contributed by atoms with Gasteiger partial charge in [0, 0.05) is 12.1 Å². The number of nitrogens with zero attached hydrogens (tertiary/aromatic N) is 4. The van der Waals surface area contributed by atoms with Gasteiger partial charge in [-0.15, -0.1) is 0 Å². The fraction of sp³-hybridized carbons (Fsp3) is 0.281. The largest absolute Gasteiger partial charge is 0.494 e. The van der Waals surface area contributed by atoms with E-state index in [0.29, 0.717) is 37.4 Å². The first-order valence-electron chi connectivity index (χ1n) is 13.8. The van der Waals surface area contributed by atoms with Gasteiger partial charge in [-0.1, -0.05) is 37.3 Å². The highest BCUT2D eigenvalue weighted by Crippen LogP contribution is 2.42. The molecule has 2 aliphatic rings. The summed E-state index contributed by atoms with van der Waals surface area (Å²) >= 11 is 0. The molecule has 0 radical (unpaired) electrons. The molecular weight excluding hydrogens is 552 g/mol. The molecule has 10 heteroatoms. The van der Waals surface area contributed by atoms with E-state index in [1.807, 2.05) is 67.6 Å². The van der Waals surface area contributed by atoms with Gasteiger partial charge in [-0.2, -0.15) is 4.31 Å². The van der Waals surface area contributed by atoms with Crippen molar-refractivity contribution >= 4 is 27.2 Å². The number of carbonyl (C=O) groups is 1. The zero-order chi connectivity index (χ0) is 29.7. The second-order valence-corrected chi connectivity index (χ2v) is 11.9. The number of carbonyl (C=O) groups excluding carboxylic acids is 1. The maximum absolute atomic E-state index is 13.9. The Kier molecular flexibility index (Phi) is 8.58. The number of hydrogen-bond acceptors (Lipinski definition) is 6. The Labute approximate surface area is 246 Å². The van der Waals surface area contributed by atoms with Crippen LogP contribution in [0.25, 0.3) is 10.4 Å². The summed E-state index contributed by atoms with van der Waals surface area (Å²) in [6, 6.07) is 22.5. The van der Waals surface area contributed by atoms with E-state index >= 15 is 0 Å². The third kappa shape index (κ3) is 5.73. The molecule has 0 N–H and O–H groups in total. The number of ether oxygens (including phenoxy) is 2. The molecule has 1 amide bonds. The van der Waals surface area contributed by atoms with Gasteiger partial charge in [-0.25, -0.2) is 18.5 Å². The van der Waals surface area contributed by atoms with Crippen molar-refractivity contribution in [2.45, 2.75) is 43.7 Å². The quantitative estimate of drug-likeness (QED) is 0.180. The predicted molar refractivity (Wildman–Crippen MR) is 158 cm³/mol. The minimum Gasteiger partial charge on any atom is -0.494 e. The Morgan fingerprint density at radius 2 is 1.81 bits per heavy atom. The maximum atomic E-state index is 13.9. The first kappa shape index (κ1) is 28.9. The molecule has 42 heavy (non-hydrogen) atoms. The minimum absolute atomic E-state index is 0.000271. The van der Waals surface area contributed by atoms with E-state index in [4.69, 9.17) is 16.0 Å². The van der Waals surface area contributed by atoms with Crippen molar-refractivity contribution < 1.29 is 22.7 Å². The standard InChI is InChI=1S/C32H30N4O5S/c1-3-18-40-26-13-11-23(12-14-26)21-35-30-16-15-27(19-28(30)31(32(35)37)29(20-33)34-2)42(38,39)36-17-7-8-24(36)22-41-25-9-5-4-6-10-25/h4-6,9-16,19,24H,3,7-8,17-18,21-22H2,1H3/b31-29+/t24-/m0/s1. The van der Waals surface area contributed by atoms with Gasteiger partial charge >= 0.3 is 0 Å². The fourth-order valence-electron chi connectivity index (χ4n) is 5.22. The molecule has 0 aliphatic carbocycles. The first-order valence-corrected chi connectivity index (χ1v) is 15.2. The molecule has 9 nitrogen and oxygen atoms in total. The Balaban J connectivity index is 1.45. The number of amides is 1. The molecular formula is C32H30N4O5S. The average molecular weight is 583 g/mol. The van der Waals surface area contributed by atoms with E-state index in [0.717, 1.165) is 17.7 Å². The molecule has 2 aliphatic heterocycles. The molecule has 1 fully saturated rings. The molecule has 3 aromatic carbocycles. The van der Waals surface area contributed by atoms with Gasteiger partial charge in [-0.3, -0.25) is 4.79 Å². The molecule has 0 bridgehead atoms. The zero-order valence-electron chi connectivity index (χ0n) is 23.2. The van der Waals surface area contributed by atoms with Crippen LogP contribution in [-0.2, 0) is 21.4 Å². The summed E-state index contributed by atoms with van der Waals surface area (Å²) < 4.78 is 40.7. The highest BCUT2D eigenvalue weighted by Gasteiger charge is 2.39. The van der Waals surface area contributed by atoms with Gasteiger partial charge in [0.25, 0.3) is 5.70 Å².